The van der Waals surface area contributed by atoms with E-state index in [9.17, 15) is 0 Å². The topological polar surface area (TPSA) is 13.1 Å². The smallest absolute Gasteiger partial charge is 0.124 e. The van der Waals surface area contributed by atoms with Crippen molar-refractivity contribution in [1.29, 1.82) is 0 Å². The standard InChI is InChI=1S/C17H21BrO/c1-9-7-8-19-17(9)16(18)15-13(5)11(3)10(2)12(4)14(15)6/h7-8,16H,1-6H3. The van der Waals surface area contributed by atoms with Crippen LogP contribution in [-0.2, 0) is 0 Å². The third-order valence-electron chi connectivity index (χ3n) is 4.44. The molecule has 1 heterocycles. The summed E-state index contributed by atoms with van der Waals surface area (Å²) in [7, 11) is 0. The van der Waals surface area contributed by atoms with E-state index in [4.69, 9.17) is 4.42 Å². The first-order valence-corrected chi connectivity index (χ1v) is 7.52. The molecular weight excluding hydrogens is 300 g/mol. The van der Waals surface area contributed by atoms with Crippen LogP contribution in [0.2, 0.25) is 0 Å². The molecule has 1 atom stereocenters. The average Bonchev–Trinajstić information content (AvgIpc) is 2.80. The van der Waals surface area contributed by atoms with Crippen molar-refractivity contribution in [3.63, 3.8) is 0 Å². The zero-order valence-electron chi connectivity index (χ0n) is 12.5. The van der Waals surface area contributed by atoms with Crippen LogP contribution < -0.4 is 0 Å². The fourth-order valence-electron chi connectivity index (χ4n) is 2.68. The lowest BCUT2D eigenvalue weighted by Gasteiger charge is -2.21. The Morgan fingerprint density at radius 1 is 0.842 bits per heavy atom. The number of benzene rings is 1. The minimum Gasteiger partial charge on any atom is -0.468 e. The highest BCUT2D eigenvalue weighted by Gasteiger charge is 2.22. The van der Waals surface area contributed by atoms with Crippen LogP contribution >= 0.6 is 15.9 Å². The first kappa shape index (κ1) is 14.4. The van der Waals surface area contributed by atoms with E-state index in [0.717, 1.165) is 5.76 Å². The van der Waals surface area contributed by atoms with Gasteiger partial charge in [-0.15, -0.1) is 0 Å². The molecule has 2 aromatic rings. The van der Waals surface area contributed by atoms with Crippen molar-refractivity contribution in [2.45, 2.75) is 46.4 Å². The lowest BCUT2D eigenvalue weighted by molar-refractivity contribution is 0.516. The Morgan fingerprint density at radius 3 is 1.74 bits per heavy atom. The van der Waals surface area contributed by atoms with Crippen molar-refractivity contribution in [1.82, 2.24) is 0 Å². The molecule has 19 heavy (non-hydrogen) atoms. The van der Waals surface area contributed by atoms with Gasteiger partial charge in [-0.05, 0) is 86.6 Å². The van der Waals surface area contributed by atoms with Crippen LogP contribution in [0.3, 0.4) is 0 Å². The Balaban J connectivity index is 2.67. The van der Waals surface area contributed by atoms with E-state index in [1.54, 1.807) is 6.26 Å². The van der Waals surface area contributed by atoms with Crippen molar-refractivity contribution in [2.75, 3.05) is 0 Å². The molecule has 102 valence electrons. The third-order valence-corrected chi connectivity index (χ3v) is 5.32. The number of halogens is 1. The molecule has 0 saturated carbocycles. The maximum Gasteiger partial charge on any atom is 0.124 e. The predicted octanol–water partition coefficient (Wildman–Crippen LogP) is 5.61. The van der Waals surface area contributed by atoms with E-state index in [-0.39, 0.29) is 4.83 Å². The normalized spacial score (nSPS) is 12.8. The summed E-state index contributed by atoms with van der Waals surface area (Å²) < 4.78 is 5.65. The number of rotatable bonds is 2. The van der Waals surface area contributed by atoms with E-state index in [0.29, 0.717) is 0 Å². The minimum absolute atomic E-state index is 0.125. The fraction of sp³-hybridized carbons (Fsp3) is 0.412. The largest absolute Gasteiger partial charge is 0.468 e. The summed E-state index contributed by atoms with van der Waals surface area (Å²) in [5, 5.41) is 0. The Labute approximate surface area is 124 Å². The summed E-state index contributed by atoms with van der Waals surface area (Å²) >= 11 is 3.82. The summed E-state index contributed by atoms with van der Waals surface area (Å²) in [6.45, 7) is 13.1. The van der Waals surface area contributed by atoms with Crippen molar-refractivity contribution in [2.24, 2.45) is 0 Å². The first-order valence-electron chi connectivity index (χ1n) is 6.61. The summed E-state index contributed by atoms with van der Waals surface area (Å²) in [6.07, 6.45) is 1.76. The molecule has 0 aliphatic rings. The summed E-state index contributed by atoms with van der Waals surface area (Å²) in [5.74, 6) is 1.01. The first-order chi connectivity index (χ1) is 8.86. The van der Waals surface area contributed by atoms with Crippen LogP contribution in [0, 0.1) is 41.5 Å². The van der Waals surface area contributed by atoms with Crippen molar-refractivity contribution < 1.29 is 4.42 Å². The van der Waals surface area contributed by atoms with Crippen LogP contribution in [0.5, 0.6) is 0 Å². The van der Waals surface area contributed by atoms with Crippen molar-refractivity contribution in [3.8, 4) is 0 Å². The zero-order valence-corrected chi connectivity index (χ0v) is 14.1. The minimum atomic E-state index is 0.125. The molecule has 1 aromatic carbocycles. The second-order valence-electron chi connectivity index (χ2n) is 5.37. The number of furan rings is 1. The molecule has 0 radical (unpaired) electrons. The Morgan fingerprint density at radius 2 is 1.32 bits per heavy atom. The second-order valence-corrected chi connectivity index (χ2v) is 6.28. The summed E-state index contributed by atoms with van der Waals surface area (Å²) in [6, 6.07) is 2.02. The van der Waals surface area contributed by atoms with Crippen LogP contribution in [0.4, 0.5) is 0 Å². The molecule has 2 heteroatoms. The number of alkyl halides is 1. The number of aryl methyl sites for hydroxylation is 1. The molecule has 1 unspecified atom stereocenters. The van der Waals surface area contributed by atoms with Crippen LogP contribution in [0.1, 0.15) is 49.5 Å². The van der Waals surface area contributed by atoms with Crippen molar-refractivity contribution in [3.05, 3.63) is 57.0 Å². The molecule has 0 amide bonds. The second kappa shape index (κ2) is 5.16. The van der Waals surface area contributed by atoms with Gasteiger partial charge in [-0.2, -0.15) is 0 Å². The number of hydrogen-bond acceptors (Lipinski definition) is 1. The van der Waals surface area contributed by atoms with Gasteiger partial charge in [0.2, 0.25) is 0 Å². The van der Waals surface area contributed by atoms with Crippen LogP contribution in [0.15, 0.2) is 16.7 Å². The van der Waals surface area contributed by atoms with E-state index < -0.39 is 0 Å². The van der Waals surface area contributed by atoms with E-state index >= 15 is 0 Å². The van der Waals surface area contributed by atoms with Gasteiger partial charge in [-0.25, -0.2) is 0 Å². The fourth-order valence-corrected chi connectivity index (χ4v) is 3.84. The maximum absolute atomic E-state index is 5.65. The third kappa shape index (κ3) is 2.27. The monoisotopic (exact) mass is 320 g/mol. The highest BCUT2D eigenvalue weighted by atomic mass is 79.9. The van der Waals surface area contributed by atoms with Gasteiger partial charge in [-0.3, -0.25) is 0 Å². The van der Waals surface area contributed by atoms with Gasteiger partial charge in [0.05, 0.1) is 11.1 Å². The highest BCUT2D eigenvalue weighted by Crippen LogP contribution is 2.39. The molecule has 0 N–H and O–H groups in total. The molecule has 0 fully saturated rings. The van der Waals surface area contributed by atoms with Crippen LogP contribution in [-0.4, -0.2) is 0 Å². The van der Waals surface area contributed by atoms with Gasteiger partial charge in [-0.1, -0.05) is 15.9 Å². The molecule has 0 bridgehead atoms. The predicted molar refractivity (Wildman–Crippen MR) is 84.3 cm³/mol. The van der Waals surface area contributed by atoms with Crippen LogP contribution in [0.25, 0.3) is 0 Å². The Kier molecular flexibility index (Phi) is 3.91. The molecule has 0 aliphatic carbocycles. The number of hydrogen-bond donors (Lipinski definition) is 0. The van der Waals surface area contributed by atoms with Gasteiger partial charge in [0.25, 0.3) is 0 Å². The molecule has 1 nitrogen and oxygen atoms in total. The van der Waals surface area contributed by atoms with E-state index in [1.165, 1.54) is 38.9 Å². The average molecular weight is 321 g/mol. The van der Waals surface area contributed by atoms with E-state index in [1.807, 2.05) is 6.07 Å². The molecule has 0 aliphatic heterocycles. The lowest BCUT2D eigenvalue weighted by atomic mass is 9.87. The lowest BCUT2D eigenvalue weighted by Crippen LogP contribution is -2.05. The SMILES string of the molecule is Cc1ccoc1C(Br)c1c(C)c(C)c(C)c(C)c1C. The van der Waals surface area contributed by atoms with Gasteiger partial charge in [0, 0.05) is 0 Å². The van der Waals surface area contributed by atoms with Gasteiger partial charge >= 0.3 is 0 Å². The molecular formula is C17H21BrO. The zero-order chi connectivity index (χ0) is 14.3. The highest BCUT2D eigenvalue weighted by molar-refractivity contribution is 9.09. The summed E-state index contributed by atoms with van der Waals surface area (Å²) in [4.78, 5) is 0.125. The van der Waals surface area contributed by atoms with Gasteiger partial charge in [0.15, 0.2) is 0 Å². The van der Waals surface area contributed by atoms with Gasteiger partial charge in [0.1, 0.15) is 5.76 Å². The van der Waals surface area contributed by atoms with Crippen molar-refractivity contribution >= 4 is 15.9 Å². The molecule has 0 spiro atoms. The summed E-state index contributed by atoms with van der Waals surface area (Å²) in [5.41, 5.74) is 9.42. The Bertz CT molecular complexity index is 593. The molecule has 2 rings (SSSR count). The molecule has 1 aromatic heterocycles. The van der Waals surface area contributed by atoms with E-state index in [2.05, 4.69) is 57.5 Å². The quantitative estimate of drug-likeness (QED) is 0.655. The Hall–Kier alpha value is -1.02. The van der Waals surface area contributed by atoms with Gasteiger partial charge < -0.3 is 4.42 Å². The maximum atomic E-state index is 5.65. The molecule has 0 saturated heterocycles.